The number of nitrogens with one attached hydrogen (secondary N) is 1. The van der Waals surface area contributed by atoms with Crippen molar-refractivity contribution in [3.05, 3.63) is 53.1 Å². The molecule has 36 heavy (non-hydrogen) atoms. The molecule has 194 valence electrons. The van der Waals surface area contributed by atoms with Gasteiger partial charge in [-0.05, 0) is 50.6 Å². The third-order valence-corrected chi connectivity index (χ3v) is 6.02. The number of allylic oxidation sites excluding steroid dienone is 4. The predicted molar refractivity (Wildman–Crippen MR) is 146 cm³/mol. The Hall–Kier alpha value is -3.13. The zero-order chi connectivity index (χ0) is 26.3. The maximum Gasteiger partial charge on any atom is 0.410 e. The Morgan fingerprint density at radius 3 is 2.36 bits per heavy atom. The van der Waals surface area contributed by atoms with Crippen LogP contribution in [0.25, 0.3) is 0 Å². The van der Waals surface area contributed by atoms with Gasteiger partial charge >= 0.3 is 12.1 Å². The average molecular weight is 514 g/mol. The van der Waals surface area contributed by atoms with Crippen LogP contribution >= 0.6 is 11.6 Å². The van der Waals surface area contributed by atoms with Crippen LogP contribution in [0.1, 0.15) is 46.6 Å². The van der Waals surface area contributed by atoms with Crippen LogP contribution in [-0.4, -0.2) is 60.4 Å². The summed E-state index contributed by atoms with van der Waals surface area (Å²) in [4.78, 5) is 37.3. The number of amides is 3. The van der Waals surface area contributed by atoms with E-state index in [0.717, 1.165) is 30.1 Å². The third-order valence-electron chi connectivity index (χ3n) is 5.77. The van der Waals surface area contributed by atoms with Crippen LogP contribution in [0.3, 0.4) is 0 Å². The molecular weight excluding hydrogens is 478 g/mol. The van der Waals surface area contributed by atoms with E-state index in [1.54, 1.807) is 11.0 Å². The smallest absolute Gasteiger partial charge is 0.410 e. The molecule has 0 aromatic heterocycles. The van der Waals surface area contributed by atoms with Gasteiger partial charge in [0, 0.05) is 61.5 Å². The summed E-state index contributed by atoms with van der Waals surface area (Å²) < 4.78 is 5.47. The van der Waals surface area contributed by atoms with E-state index < -0.39 is 11.6 Å². The number of rotatable bonds is 4. The Bertz CT molecular complexity index is 1060. The van der Waals surface area contributed by atoms with E-state index in [1.807, 2.05) is 71.0 Å². The highest BCUT2D eigenvalue weighted by molar-refractivity contribution is 6.32. The van der Waals surface area contributed by atoms with Gasteiger partial charge in [0.25, 0.3) is 0 Å². The summed E-state index contributed by atoms with van der Waals surface area (Å²) in [5.41, 5.74) is 2.40. The lowest BCUT2D eigenvalue weighted by atomic mass is 10.0. The van der Waals surface area contributed by atoms with Gasteiger partial charge in [0.1, 0.15) is 11.4 Å². The predicted octanol–water partition coefficient (Wildman–Crippen LogP) is 5.53. The van der Waals surface area contributed by atoms with Gasteiger partial charge in [-0.1, -0.05) is 43.7 Å². The number of carbonyl (C=O) groups excluding carboxylic acids is 2. The average Bonchev–Trinajstić information content (AvgIpc) is 2.83. The standard InChI is InChI=1S/C27H36ClN5O3/c1-6-24(30-23-12-9-21(28)17-19(23)2)31-25(34)29-18-20-7-10-22(11-8-20)32-13-15-33(16-14-32)26(35)36-27(3,4)5/h7-12,17,19H,6,13-16,18H2,1-5H3,(H,29,34)/b30-23-,31-24+. The van der Waals surface area contributed by atoms with Crippen LogP contribution in [0.5, 0.6) is 0 Å². The molecule has 9 heteroatoms. The maximum atomic E-state index is 12.4. The molecule has 1 fully saturated rings. The van der Waals surface area contributed by atoms with Gasteiger partial charge in [0.2, 0.25) is 0 Å². The highest BCUT2D eigenvalue weighted by atomic mass is 35.5. The first-order valence-corrected chi connectivity index (χ1v) is 12.7. The molecule has 1 heterocycles. The van der Waals surface area contributed by atoms with Crippen molar-refractivity contribution < 1.29 is 14.3 Å². The van der Waals surface area contributed by atoms with Crippen LogP contribution in [0.4, 0.5) is 15.3 Å². The first-order valence-electron chi connectivity index (χ1n) is 12.3. The van der Waals surface area contributed by atoms with Crippen molar-refractivity contribution in [2.45, 2.75) is 53.2 Å². The summed E-state index contributed by atoms with van der Waals surface area (Å²) in [6.45, 7) is 12.6. The molecule has 1 aromatic carbocycles. The van der Waals surface area contributed by atoms with Crippen LogP contribution in [0.2, 0.25) is 0 Å². The summed E-state index contributed by atoms with van der Waals surface area (Å²) in [6, 6.07) is 7.63. The molecule has 0 radical (unpaired) electrons. The largest absolute Gasteiger partial charge is 0.444 e. The molecule has 2 aliphatic rings. The SMILES string of the molecule is CCC(=N\C(=O)NCc1ccc(N2CCN(C(=O)OC(C)(C)C)CC2)cc1)/N=C1/C=CC(Cl)=CC1C. The zero-order valence-electron chi connectivity index (χ0n) is 21.8. The van der Waals surface area contributed by atoms with Crippen LogP contribution in [-0.2, 0) is 11.3 Å². The van der Waals surface area contributed by atoms with Crippen molar-refractivity contribution in [3.8, 4) is 0 Å². The van der Waals surface area contributed by atoms with Crippen molar-refractivity contribution in [1.82, 2.24) is 10.2 Å². The number of anilines is 1. The first kappa shape index (κ1) is 27.5. The van der Waals surface area contributed by atoms with E-state index in [9.17, 15) is 9.59 Å². The molecule has 1 aromatic rings. The van der Waals surface area contributed by atoms with Gasteiger partial charge < -0.3 is 19.9 Å². The van der Waals surface area contributed by atoms with Gasteiger partial charge in [0.15, 0.2) is 0 Å². The number of ether oxygens (including phenoxy) is 1. The minimum absolute atomic E-state index is 0.0705. The van der Waals surface area contributed by atoms with E-state index in [1.165, 1.54) is 0 Å². The monoisotopic (exact) mass is 513 g/mol. The highest BCUT2D eigenvalue weighted by Gasteiger charge is 2.26. The van der Waals surface area contributed by atoms with E-state index in [2.05, 4.69) is 20.2 Å². The number of carbonyl (C=O) groups is 2. The molecule has 1 unspecified atom stereocenters. The van der Waals surface area contributed by atoms with Crippen molar-refractivity contribution >= 4 is 41.0 Å². The van der Waals surface area contributed by atoms with E-state index in [0.29, 0.717) is 36.9 Å². The van der Waals surface area contributed by atoms with Gasteiger partial charge in [0.05, 0.1) is 0 Å². The first-order chi connectivity index (χ1) is 17.0. The Kier molecular flexibility index (Phi) is 9.31. The quantitative estimate of drug-likeness (QED) is 0.423. The normalized spacial score (nSPS) is 19.8. The Morgan fingerprint density at radius 2 is 1.78 bits per heavy atom. The number of benzene rings is 1. The van der Waals surface area contributed by atoms with Crippen molar-refractivity contribution in [2.24, 2.45) is 15.9 Å². The fourth-order valence-corrected chi connectivity index (χ4v) is 4.05. The molecule has 0 bridgehead atoms. The molecule has 3 amide bonds. The Labute approximate surface area is 218 Å². The number of hydrogen-bond donors (Lipinski definition) is 1. The van der Waals surface area contributed by atoms with Crippen molar-refractivity contribution in [1.29, 1.82) is 0 Å². The molecule has 1 atom stereocenters. The molecule has 1 aliphatic heterocycles. The number of aliphatic imine (C=N–C) groups is 2. The Balaban J connectivity index is 1.50. The second-order valence-corrected chi connectivity index (χ2v) is 10.3. The zero-order valence-corrected chi connectivity index (χ0v) is 22.5. The fraction of sp³-hybridized carbons (Fsp3) is 0.481. The lowest BCUT2D eigenvalue weighted by molar-refractivity contribution is 0.0240. The molecule has 3 rings (SSSR count). The topological polar surface area (TPSA) is 86.6 Å². The van der Waals surface area contributed by atoms with Gasteiger partial charge in [-0.3, -0.25) is 0 Å². The number of urea groups is 1. The number of halogens is 1. The summed E-state index contributed by atoms with van der Waals surface area (Å²) in [6.07, 6.45) is 5.84. The minimum atomic E-state index is -0.492. The number of nitrogens with zero attached hydrogens (tertiary/aromatic N) is 4. The highest BCUT2D eigenvalue weighted by Crippen LogP contribution is 2.19. The van der Waals surface area contributed by atoms with Crippen LogP contribution in [0, 0.1) is 5.92 Å². The van der Waals surface area contributed by atoms with E-state index >= 15 is 0 Å². The third kappa shape index (κ3) is 8.22. The minimum Gasteiger partial charge on any atom is -0.444 e. The molecule has 1 saturated heterocycles. The number of amidine groups is 1. The molecule has 8 nitrogen and oxygen atoms in total. The van der Waals surface area contributed by atoms with Gasteiger partial charge in [-0.2, -0.15) is 4.99 Å². The maximum absolute atomic E-state index is 12.4. The van der Waals surface area contributed by atoms with Gasteiger partial charge in [-0.25, -0.2) is 14.6 Å². The van der Waals surface area contributed by atoms with E-state index in [4.69, 9.17) is 16.3 Å². The van der Waals surface area contributed by atoms with Crippen molar-refractivity contribution in [3.63, 3.8) is 0 Å². The van der Waals surface area contributed by atoms with Crippen LogP contribution < -0.4 is 10.2 Å². The molecule has 0 spiro atoms. The second kappa shape index (κ2) is 12.2. The Morgan fingerprint density at radius 1 is 1.11 bits per heavy atom. The van der Waals surface area contributed by atoms with Gasteiger partial charge in [-0.15, -0.1) is 0 Å². The number of piperazine rings is 1. The van der Waals surface area contributed by atoms with E-state index in [-0.39, 0.29) is 12.0 Å². The fourth-order valence-electron chi connectivity index (χ4n) is 3.80. The second-order valence-electron chi connectivity index (χ2n) is 9.87. The van der Waals surface area contributed by atoms with Crippen molar-refractivity contribution in [2.75, 3.05) is 31.1 Å². The summed E-state index contributed by atoms with van der Waals surface area (Å²) >= 11 is 6.02. The molecule has 1 N–H and O–H groups in total. The lowest BCUT2D eigenvalue weighted by Crippen LogP contribution is -2.50. The molecular formula is C27H36ClN5O3. The summed E-state index contributed by atoms with van der Waals surface area (Å²) in [5, 5.41) is 3.52. The molecule has 0 saturated carbocycles. The van der Waals surface area contributed by atoms with Crippen LogP contribution in [0.15, 0.2) is 57.5 Å². The lowest BCUT2D eigenvalue weighted by Gasteiger charge is -2.36. The summed E-state index contributed by atoms with van der Waals surface area (Å²) in [5.74, 6) is 0.549. The summed E-state index contributed by atoms with van der Waals surface area (Å²) in [7, 11) is 0. The molecule has 1 aliphatic carbocycles. The number of hydrogen-bond acceptors (Lipinski definition) is 4.